The van der Waals surface area contributed by atoms with Crippen LogP contribution in [0.2, 0.25) is 0 Å². The predicted molar refractivity (Wildman–Crippen MR) is 50.7 cm³/mol. The molecule has 6 heteroatoms. The van der Waals surface area contributed by atoms with Crippen molar-refractivity contribution in [3.8, 4) is 0 Å². The van der Waals surface area contributed by atoms with E-state index in [2.05, 4.69) is 15.5 Å². The number of nitrogens with one attached hydrogen (secondary N) is 1. The Morgan fingerprint density at radius 2 is 2.36 bits per heavy atom. The first kappa shape index (κ1) is 10.4. The smallest absolute Gasteiger partial charge is 0.269 e. The lowest BCUT2D eigenvalue weighted by atomic mass is 10.3. The van der Waals surface area contributed by atoms with E-state index < -0.39 is 12.0 Å². The Hall–Kier alpha value is -1.69. The van der Waals surface area contributed by atoms with Gasteiger partial charge in [0, 0.05) is 6.54 Å². The Balaban J connectivity index is 2.60. The van der Waals surface area contributed by atoms with Gasteiger partial charge in [0.25, 0.3) is 5.91 Å². The van der Waals surface area contributed by atoms with E-state index in [1.165, 1.54) is 6.07 Å². The van der Waals surface area contributed by atoms with Crippen molar-refractivity contribution >= 4 is 11.7 Å². The minimum absolute atomic E-state index is 0.118. The Labute approximate surface area is 81.1 Å². The molecule has 1 amide bonds. The third-order valence-electron chi connectivity index (χ3n) is 1.50. The fraction of sp³-hybridized carbons (Fsp3) is 0.375. The maximum Gasteiger partial charge on any atom is 0.269 e. The molecule has 0 aliphatic carbocycles. The van der Waals surface area contributed by atoms with E-state index >= 15 is 0 Å². The lowest BCUT2D eigenvalue weighted by molar-refractivity contribution is 0.0994. The van der Waals surface area contributed by atoms with Crippen LogP contribution in [0, 0.1) is 0 Å². The van der Waals surface area contributed by atoms with Crippen molar-refractivity contribution in [3.63, 3.8) is 0 Å². The quantitative estimate of drug-likeness (QED) is 0.595. The highest BCUT2D eigenvalue weighted by molar-refractivity contribution is 5.90. The average molecular weight is 196 g/mol. The average Bonchev–Trinajstić information content (AvgIpc) is 2.15. The van der Waals surface area contributed by atoms with Gasteiger partial charge in [-0.1, -0.05) is 0 Å². The number of aromatic nitrogens is 2. The van der Waals surface area contributed by atoms with Gasteiger partial charge in [-0.05, 0) is 19.1 Å². The van der Waals surface area contributed by atoms with Gasteiger partial charge in [-0.3, -0.25) is 4.79 Å². The third kappa shape index (κ3) is 2.98. The summed E-state index contributed by atoms with van der Waals surface area (Å²) in [4.78, 5) is 10.6. The van der Waals surface area contributed by atoms with Crippen LogP contribution >= 0.6 is 0 Å². The molecule has 0 saturated carbocycles. The van der Waals surface area contributed by atoms with Crippen molar-refractivity contribution in [3.05, 3.63) is 17.8 Å². The molecule has 4 N–H and O–H groups in total. The molecule has 1 unspecified atom stereocenters. The zero-order valence-electron chi connectivity index (χ0n) is 7.77. The highest BCUT2D eigenvalue weighted by atomic mass is 16.3. The SMILES string of the molecule is CC(O)CNc1ccc(C(N)=O)nn1. The molecule has 0 fully saturated rings. The van der Waals surface area contributed by atoms with Gasteiger partial charge in [-0.25, -0.2) is 0 Å². The summed E-state index contributed by atoms with van der Waals surface area (Å²) < 4.78 is 0. The maximum absolute atomic E-state index is 10.6. The Bertz CT molecular complexity index is 310. The molecule has 0 aromatic carbocycles. The predicted octanol–water partition coefficient (Wildman–Crippen LogP) is -0.632. The van der Waals surface area contributed by atoms with Crippen molar-refractivity contribution in [1.82, 2.24) is 10.2 Å². The maximum atomic E-state index is 10.6. The first-order valence-corrected chi connectivity index (χ1v) is 4.15. The van der Waals surface area contributed by atoms with Crippen molar-refractivity contribution in [2.45, 2.75) is 13.0 Å². The number of hydrogen-bond donors (Lipinski definition) is 3. The largest absolute Gasteiger partial charge is 0.392 e. The number of anilines is 1. The first-order chi connectivity index (χ1) is 6.59. The van der Waals surface area contributed by atoms with Gasteiger partial charge in [0.1, 0.15) is 5.82 Å². The van der Waals surface area contributed by atoms with Crippen LogP contribution in [0.15, 0.2) is 12.1 Å². The Morgan fingerprint density at radius 1 is 1.64 bits per heavy atom. The van der Waals surface area contributed by atoms with Crippen molar-refractivity contribution in [2.75, 3.05) is 11.9 Å². The fourth-order valence-corrected chi connectivity index (χ4v) is 0.810. The number of nitrogens with two attached hydrogens (primary N) is 1. The van der Waals surface area contributed by atoms with Crippen LogP contribution in [0.3, 0.4) is 0 Å². The molecule has 6 nitrogen and oxygen atoms in total. The molecule has 0 spiro atoms. The number of aliphatic hydroxyl groups excluding tert-OH is 1. The summed E-state index contributed by atoms with van der Waals surface area (Å²) in [5.41, 5.74) is 5.10. The van der Waals surface area contributed by atoms with E-state index in [1.54, 1.807) is 13.0 Å². The highest BCUT2D eigenvalue weighted by Crippen LogP contribution is 2.01. The van der Waals surface area contributed by atoms with E-state index in [1.807, 2.05) is 0 Å². The summed E-state index contributed by atoms with van der Waals surface area (Å²) in [6, 6.07) is 3.05. The van der Waals surface area contributed by atoms with Gasteiger partial charge < -0.3 is 16.2 Å². The second-order valence-corrected chi connectivity index (χ2v) is 2.90. The van der Waals surface area contributed by atoms with E-state index in [4.69, 9.17) is 10.8 Å². The monoisotopic (exact) mass is 196 g/mol. The number of amides is 1. The van der Waals surface area contributed by atoms with Gasteiger partial charge in [-0.15, -0.1) is 10.2 Å². The molecule has 76 valence electrons. The molecule has 0 aliphatic heterocycles. The minimum atomic E-state index is -0.612. The second kappa shape index (κ2) is 4.52. The molecule has 0 bridgehead atoms. The summed E-state index contributed by atoms with van der Waals surface area (Å²) in [7, 11) is 0. The number of carbonyl (C=O) groups is 1. The molecular formula is C8H12N4O2. The molecule has 1 heterocycles. The molecule has 0 saturated heterocycles. The molecule has 1 aromatic heterocycles. The Kier molecular flexibility index (Phi) is 3.35. The topological polar surface area (TPSA) is 101 Å². The lowest BCUT2D eigenvalue weighted by Gasteiger charge is -2.06. The van der Waals surface area contributed by atoms with Crippen LogP contribution < -0.4 is 11.1 Å². The molecule has 0 aliphatic rings. The van der Waals surface area contributed by atoms with Crippen molar-refractivity contribution < 1.29 is 9.90 Å². The lowest BCUT2D eigenvalue weighted by Crippen LogP contribution is -2.18. The molecule has 1 aromatic rings. The summed E-state index contributed by atoms with van der Waals surface area (Å²) in [6.45, 7) is 2.03. The zero-order chi connectivity index (χ0) is 10.6. The van der Waals surface area contributed by atoms with E-state index in [-0.39, 0.29) is 5.69 Å². The molecule has 0 radical (unpaired) electrons. The standard InChI is InChI=1S/C8H12N4O2/c1-5(13)4-10-7-3-2-6(8(9)14)11-12-7/h2-3,5,13H,4H2,1H3,(H2,9,14)(H,10,12). The van der Waals surface area contributed by atoms with Gasteiger partial charge in [0.05, 0.1) is 6.10 Å². The number of hydrogen-bond acceptors (Lipinski definition) is 5. The number of carbonyl (C=O) groups excluding carboxylic acids is 1. The van der Waals surface area contributed by atoms with E-state index in [0.29, 0.717) is 12.4 Å². The van der Waals surface area contributed by atoms with Crippen LogP contribution in [0.1, 0.15) is 17.4 Å². The first-order valence-electron chi connectivity index (χ1n) is 4.15. The number of aliphatic hydroxyl groups is 1. The molecule has 1 atom stereocenters. The number of rotatable bonds is 4. The third-order valence-corrected chi connectivity index (χ3v) is 1.50. The van der Waals surface area contributed by atoms with Gasteiger partial charge in [0.15, 0.2) is 5.69 Å². The molecule has 1 rings (SSSR count). The van der Waals surface area contributed by atoms with Crippen molar-refractivity contribution in [1.29, 1.82) is 0 Å². The van der Waals surface area contributed by atoms with Crippen molar-refractivity contribution in [2.24, 2.45) is 5.73 Å². The Morgan fingerprint density at radius 3 is 2.79 bits per heavy atom. The molecule has 14 heavy (non-hydrogen) atoms. The highest BCUT2D eigenvalue weighted by Gasteiger charge is 2.03. The summed E-state index contributed by atoms with van der Waals surface area (Å²) in [5, 5.41) is 19.1. The van der Waals surface area contributed by atoms with Crippen LogP contribution in [-0.2, 0) is 0 Å². The summed E-state index contributed by atoms with van der Waals surface area (Å²) >= 11 is 0. The zero-order valence-corrected chi connectivity index (χ0v) is 7.77. The molecular weight excluding hydrogens is 184 g/mol. The van der Waals surface area contributed by atoms with Crippen LogP contribution in [-0.4, -0.2) is 33.9 Å². The summed E-state index contributed by atoms with van der Waals surface area (Å²) in [6.07, 6.45) is -0.465. The van der Waals surface area contributed by atoms with Crippen LogP contribution in [0.25, 0.3) is 0 Å². The van der Waals surface area contributed by atoms with Gasteiger partial charge in [0.2, 0.25) is 0 Å². The normalized spacial score (nSPS) is 12.1. The van der Waals surface area contributed by atoms with E-state index in [9.17, 15) is 4.79 Å². The number of nitrogens with zero attached hydrogens (tertiary/aromatic N) is 2. The van der Waals surface area contributed by atoms with Gasteiger partial charge >= 0.3 is 0 Å². The van der Waals surface area contributed by atoms with Crippen LogP contribution in [0.5, 0.6) is 0 Å². The van der Waals surface area contributed by atoms with Gasteiger partial charge in [-0.2, -0.15) is 0 Å². The fourth-order valence-electron chi connectivity index (χ4n) is 0.810. The minimum Gasteiger partial charge on any atom is -0.392 e. The number of primary amides is 1. The van der Waals surface area contributed by atoms with Crippen LogP contribution in [0.4, 0.5) is 5.82 Å². The van der Waals surface area contributed by atoms with E-state index in [0.717, 1.165) is 0 Å². The second-order valence-electron chi connectivity index (χ2n) is 2.90. The summed E-state index contributed by atoms with van der Waals surface area (Å²) in [5.74, 6) is -0.115.